The summed E-state index contributed by atoms with van der Waals surface area (Å²) < 4.78 is 39.1. The van der Waals surface area contributed by atoms with Crippen molar-refractivity contribution >= 4 is 27.3 Å². The first-order valence-electron chi connectivity index (χ1n) is 9.34. The van der Waals surface area contributed by atoms with Crippen LogP contribution in [-0.4, -0.2) is 20.6 Å². The first kappa shape index (κ1) is 21.5. The summed E-state index contributed by atoms with van der Waals surface area (Å²) >= 11 is 0. The van der Waals surface area contributed by atoms with Crippen LogP contribution in [0.3, 0.4) is 0 Å². The van der Waals surface area contributed by atoms with Gasteiger partial charge in [-0.3, -0.25) is 9.10 Å². The molecule has 0 aliphatic carbocycles. The van der Waals surface area contributed by atoms with E-state index in [1.54, 1.807) is 30.3 Å². The van der Waals surface area contributed by atoms with E-state index in [0.29, 0.717) is 16.9 Å². The molecule has 1 N–H and O–H groups in total. The second-order valence-electron chi connectivity index (χ2n) is 7.20. The number of rotatable bonds is 6. The molecule has 0 unspecified atom stereocenters. The molecule has 0 aliphatic heterocycles. The standard InChI is InChI=1S/C23H23FN2O3S/c1-16-4-13-22(14-17(16)2)26(30(3,28)29)15-18-5-11-21(12-6-18)25-23(27)19-7-9-20(24)10-8-19/h4-14H,15H2,1-3H3,(H,25,27). The van der Waals surface area contributed by atoms with Crippen LogP contribution >= 0.6 is 0 Å². The van der Waals surface area contributed by atoms with Crippen LogP contribution in [0, 0.1) is 19.7 Å². The highest BCUT2D eigenvalue weighted by Gasteiger charge is 2.18. The van der Waals surface area contributed by atoms with E-state index >= 15 is 0 Å². The number of sulfonamides is 1. The Bertz CT molecular complexity index is 1160. The smallest absolute Gasteiger partial charge is 0.255 e. The zero-order valence-electron chi connectivity index (χ0n) is 17.0. The van der Waals surface area contributed by atoms with Crippen LogP contribution in [0.1, 0.15) is 27.0 Å². The molecular weight excluding hydrogens is 403 g/mol. The van der Waals surface area contributed by atoms with Gasteiger partial charge in [0.25, 0.3) is 5.91 Å². The molecule has 0 heterocycles. The van der Waals surface area contributed by atoms with Crippen molar-refractivity contribution in [2.75, 3.05) is 15.9 Å². The van der Waals surface area contributed by atoms with E-state index in [4.69, 9.17) is 0 Å². The molecule has 0 saturated heterocycles. The SMILES string of the molecule is Cc1ccc(N(Cc2ccc(NC(=O)c3ccc(F)cc3)cc2)S(C)(=O)=O)cc1C. The van der Waals surface area contributed by atoms with Gasteiger partial charge in [-0.1, -0.05) is 18.2 Å². The Balaban J connectivity index is 1.76. The van der Waals surface area contributed by atoms with Crippen LogP contribution in [0.4, 0.5) is 15.8 Å². The molecule has 3 aromatic rings. The third kappa shape index (κ3) is 5.24. The predicted octanol–water partition coefficient (Wildman–Crippen LogP) is 4.66. The molecule has 30 heavy (non-hydrogen) atoms. The summed E-state index contributed by atoms with van der Waals surface area (Å²) in [4.78, 5) is 12.2. The number of nitrogens with zero attached hydrogens (tertiary/aromatic N) is 1. The van der Waals surface area contributed by atoms with Crippen molar-refractivity contribution in [2.24, 2.45) is 0 Å². The number of carbonyl (C=O) groups excluding carboxylic acids is 1. The normalized spacial score (nSPS) is 11.2. The first-order valence-corrected chi connectivity index (χ1v) is 11.2. The molecule has 0 atom stereocenters. The fourth-order valence-electron chi connectivity index (χ4n) is 2.94. The van der Waals surface area contributed by atoms with E-state index in [1.165, 1.54) is 34.8 Å². The lowest BCUT2D eigenvalue weighted by molar-refractivity contribution is 0.102. The average molecular weight is 427 g/mol. The Morgan fingerprint density at radius 3 is 2.13 bits per heavy atom. The van der Waals surface area contributed by atoms with Crippen LogP contribution in [0.2, 0.25) is 0 Å². The summed E-state index contributed by atoms with van der Waals surface area (Å²) in [5, 5.41) is 2.74. The summed E-state index contributed by atoms with van der Waals surface area (Å²) in [6, 6.07) is 17.8. The summed E-state index contributed by atoms with van der Waals surface area (Å²) in [7, 11) is -3.48. The molecule has 0 radical (unpaired) electrons. The maximum atomic E-state index is 13.0. The minimum atomic E-state index is -3.48. The quantitative estimate of drug-likeness (QED) is 0.623. The maximum Gasteiger partial charge on any atom is 0.255 e. The zero-order valence-corrected chi connectivity index (χ0v) is 17.8. The summed E-state index contributed by atoms with van der Waals surface area (Å²) in [6.07, 6.45) is 1.18. The Kier molecular flexibility index (Phi) is 6.22. The molecule has 5 nitrogen and oxygen atoms in total. The second-order valence-corrected chi connectivity index (χ2v) is 9.10. The molecule has 0 saturated carbocycles. The zero-order chi connectivity index (χ0) is 21.9. The van der Waals surface area contributed by atoms with Crippen LogP contribution in [-0.2, 0) is 16.6 Å². The van der Waals surface area contributed by atoms with E-state index in [9.17, 15) is 17.6 Å². The van der Waals surface area contributed by atoms with Crippen molar-refractivity contribution < 1.29 is 17.6 Å². The monoisotopic (exact) mass is 426 g/mol. The number of amides is 1. The van der Waals surface area contributed by atoms with E-state index in [-0.39, 0.29) is 12.5 Å². The lowest BCUT2D eigenvalue weighted by Crippen LogP contribution is -2.29. The molecule has 0 bridgehead atoms. The molecule has 3 aromatic carbocycles. The maximum absolute atomic E-state index is 13.0. The summed E-state index contributed by atoms with van der Waals surface area (Å²) in [5.41, 5.74) is 4.39. The van der Waals surface area contributed by atoms with Gasteiger partial charge in [-0.15, -0.1) is 0 Å². The number of carbonyl (C=O) groups is 1. The molecule has 156 valence electrons. The van der Waals surface area contributed by atoms with E-state index in [0.717, 1.165) is 16.7 Å². The fraction of sp³-hybridized carbons (Fsp3) is 0.174. The number of hydrogen-bond acceptors (Lipinski definition) is 3. The summed E-state index contributed by atoms with van der Waals surface area (Å²) in [5.74, 6) is -0.759. The largest absolute Gasteiger partial charge is 0.322 e. The van der Waals surface area contributed by atoms with Gasteiger partial charge in [0.05, 0.1) is 18.5 Å². The van der Waals surface area contributed by atoms with Crippen molar-refractivity contribution in [1.82, 2.24) is 0 Å². The molecule has 0 aromatic heterocycles. The number of nitrogens with one attached hydrogen (secondary N) is 1. The van der Waals surface area contributed by atoms with Crippen molar-refractivity contribution in [3.63, 3.8) is 0 Å². The second kappa shape index (κ2) is 8.67. The Morgan fingerprint density at radius 2 is 1.57 bits per heavy atom. The van der Waals surface area contributed by atoms with Crippen LogP contribution in [0.15, 0.2) is 66.7 Å². The number of halogens is 1. The molecule has 0 aliphatic rings. The van der Waals surface area contributed by atoms with E-state index < -0.39 is 15.8 Å². The van der Waals surface area contributed by atoms with Gasteiger partial charge in [-0.25, -0.2) is 12.8 Å². The lowest BCUT2D eigenvalue weighted by atomic mass is 10.1. The van der Waals surface area contributed by atoms with Gasteiger partial charge in [-0.05, 0) is 79.1 Å². The highest BCUT2D eigenvalue weighted by atomic mass is 32.2. The minimum Gasteiger partial charge on any atom is -0.322 e. The van der Waals surface area contributed by atoms with Crippen molar-refractivity contribution in [1.29, 1.82) is 0 Å². The predicted molar refractivity (Wildman–Crippen MR) is 118 cm³/mol. The van der Waals surface area contributed by atoms with Gasteiger partial charge in [0.2, 0.25) is 10.0 Å². The highest BCUT2D eigenvalue weighted by Crippen LogP contribution is 2.24. The Morgan fingerprint density at radius 1 is 0.933 bits per heavy atom. The van der Waals surface area contributed by atoms with Crippen LogP contribution in [0.5, 0.6) is 0 Å². The Hall–Kier alpha value is -3.19. The average Bonchev–Trinajstić information content (AvgIpc) is 2.69. The molecule has 0 spiro atoms. The fourth-order valence-corrected chi connectivity index (χ4v) is 3.82. The number of hydrogen-bond donors (Lipinski definition) is 1. The topological polar surface area (TPSA) is 66.5 Å². The number of anilines is 2. The van der Waals surface area contributed by atoms with Crippen molar-refractivity contribution in [2.45, 2.75) is 20.4 Å². The van der Waals surface area contributed by atoms with E-state index in [2.05, 4.69) is 5.32 Å². The van der Waals surface area contributed by atoms with Crippen LogP contribution in [0.25, 0.3) is 0 Å². The van der Waals surface area contributed by atoms with Gasteiger partial charge in [0.15, 0.2) is 0 Å². The Labute approximate surface area is 176 Å². The lowest BCUT2D eigenvalue weighted by Gasteiger charge is -2.23. The molecule has 7 heteroatoms. The third-order valence-electron chi connectivity index (χ3n) is 4.82. The van der Waals surface area contributed by atoms with Gasteiger partial charge in [0.1, 0.15) is 5.82 Å². The molecular formula is C23H23FN2O3S. The van der Waals surface area contributed by atoms with Gasteiger partial charge in [-0.2, -0.15) is 0 Å². The van der Waals surface area contributed by atoms with E-state index in [1.807, 2.05) is 26.0 Å². The number of benzene rings is 3. The number of aryl methyl sites for hydroxylation is 2. The van der Waals surface area contributed by atoms with Crippen molar-refractivity contribution in [3.8, 4) is 0 Å². The van der Waals surface area contributed by atoms with Crippen molar-refractivity contribution in [3.05, 3.63) is 94.8 Å². The summed E-state index contributed by atoms with van der Waals surface area (Å²) in [6.45, 7) is 4.09. The molecule has 0 fully saturated rings. The highest BCUT2D eigenvalue weighted by molar-refractivity contribution is 7.92. The third-order valence-corrected chi connectivity index (χ3v) is 5.96. The van der Waals surface area contributed by atoms with Gasteiger partial charge < -0.3 is 5.32 Å². The molecule has 3 rings (SSSR count). The first-order chi connectivity index (χ1) is 14.1. The van der Waals surface area contributed by atoms with Gasteiger partial charge >= 0.3 is 0 Å². The molecule has 1 amide bonds. The van der Waals surface area contributed by atoms with Gasteiger partial charge in [0, 0.05) is 11.3 Å². The van der Waals surface area contributed by atoms with Crippen LogP contribution < -0.4 is 9.62 Å². The minimum absolute atomic E-state index is 0.174.